The molecular formula is C14H29NO. The van der Waals surface area contributed by atoms with E-state index < -0.39 is 0 Å². The molecule has 2 nitrogen and oxygen atoms in total. The molecule has 0 aromatic carbocycles. The fraction of sp³-hybridized carbons (Fsp3) is 1.00. The second-order valence-electron chi connectivity index (χ2n) is 6.09. The Bertz CT molecular complexity index is 197. The molecule has 0 aromatic heterocycles. The minimum Gasteiger partial charge on any atom is -0.380 e. The summed E-state index contributed by atoms with van der Waals surface area (Å²) in [7, 11) is 0. The van der Waals surface area contributed by atoms with Gasteiger partial charge in [0, 0.05) is 19.2 Å². The zero-order valence-electron chi connectivity index (χ0n) is 11.8. The molecular weight excluding hydrogens is 198 g/mol. The Morgan fingerprint density at radius 1 is 1.31 bits per heavy atom. The van der Waals surface area contributed by atoms with Gasteiger partial charge in [0.2, 0.25) is 0 Å². The molecule has 1 aliphatic rings. The van der Waals surface area contributed by atoms with Crippen molar-refractivity contribution in [2.24, 2.45) is 11.3 Å². The van der Waals surface area contributed by atoms with E-state index in [4.69, 9.17) is 4.74 Å². The largest absolute Gasteiger partial charge is 0.380 e. The normalized spacial score (nSPS) is 28.3. The molecule has 0 N–H and O–H groups in total. The van der Waals surface area contributed by atoms with E-state index in [0.29, 0.717) is 11.5 Å². The van der Waals surface area contributed by atoms with E-state index in [1.807, 2.05) is 0 Å². The predicted molar refractivity (Wildman–Crippen MR) is 69.7 cm³/mol. The van der Waals surface area contributed by atoms with Crippen molar-refractivity contribution in [3.8, 4) is 0 Å². The Kier molecular flexibility index (Phi) is 5.26. The highest BCUT2D eigenvalue weighted by atomic mass is 16.5. The minimum absolute atomic E-state index is 0.434. The van der Waals surface area contributed by atoms with Crippen LogP contribution in [-0.2, 0) is 4.74 Å². The van der Waals surface area contributed by atoms with Crippen LogP contribution in [0.25, 0.3) is 0 Å². The van der Waals surface area contributed by atoms with Crippen molar-refractivity contribution in [2.75, 3.05) is 26.3 Å². The van der Waals surface area contributed by atoms with Gasteiger partial charge in [-0.15, -0.1) is 0 Å². The van der Waals surface area contributed by atoms with Crippen molar-refractivity contribution >= 4 is 0 Å². The molecule has 1 fully saturated rings. The maximum atomic E-state index is 5.46. The van der Waals surface area contributed by atoms with Gasteiger partial charge in [-0.1, -0.05) is 20.8 Å². The molecule has 0 radical (unpaired) electrons. The van der Waals surface area contributed by atoms with Gasteiger partial charge in [-0.2, -0.15) is 0 Å². The first-order chi connectivity index (χ1) is 7.46. The van der Waals surface area contributed by atoms with Crippen LogP contribution in [0.5, 0.6) is 0 Å². The summed E-state index contributed by atoms with van der Waals surface area (Å²) in [5, 5.41) is 0. The summed E-state index contributed by atoms with van der Waals surface area (Å²) in [6, 6.07) is 0.703. The standard InChI is InChI=1S/C14H29NO/c1-6-16-11-10-15-9-7-8-13(12(15)2)14(3,4)5/h12-13H,6-11H2,1-5H3/t12-,13+/m0/s1. The van der Waals surface area contributed by atoms with Gasteiger partial charge < -0.3 is 4.74 Å². The second kappa shape index (κ2) is 6.02. The molecule has 1 rings (SSSR count). The first-order valence-electron chi connectivity index (χ1n) is 6.78. The maximum absolute atomic E-state index is 5.46. The summed E-state index contributed by atoms with van der Waals surface area (Å²) >= 11 is 0. The average Bonchev–Trinajstić information content (AvgIpc) is 2.19. The molecule has 16 heavy (non-hydrogen) atoms. The molecule has 0 aliphatic carbocycles. The molecule has 2 atom stereocenters. The van der Waals surface area contributed by atoms with Crippen LogP contribution in [-0.4, -0.2) is 37.2 Å². The Morgan fingerprint density at radius 3 is 2.56 bits per heavy atom. The lowest BCUT2D eigenvalue weighted by Crippen LogP contribution is -2.48. The summed E-state index contributed by atoms with van der Waals surface area (Å²) in [6.45, 7) is 15.7. The zero-order chi connectivity index (χ0) is 12.2. The monoisotopic (exact) mass is 227 g/mol. The van der Waals surface area contributed by atoms with Crippen molar-refractivity contribution in [1.29, 1.82) is 0 Å². The van der Waals surface area contributed by atoms with Crippen LogP contribution >= 0.6 is 0 Å². The predicted octanol–water partition coefficient (Wildman–Crippen LogP) is 3.17. The van der Waals surface area contributed by atoms with Crippen molar-refractivity contribution in [3.05, 3.63) is 0 Å². The summed E-state index contributed by atoms with van der Waals surface area (Å²) in [5.41, 5.74) is 0.434. The van der Waals surface area contributed by atoms with Gasteiger partial charge in [-0.25, -0.2) is 0 Å². The molecule has 0 saturated carbocycles. The highest BCUT2D eigenvalue weighted by Gasteiger charge is 2.35. The summed E-state index contributed by atoms with van der Waals surface area (Å²) in [5.74, 6) is 0.822. The van der Waals surface area contributed by atoms with Gasteiger partial charge in [0.25, 0.3) is 0 Å². The lowest BCUT2D eigenvalue weighted by atomic mass is 9.72. The minimum atomic E-state index is 0.434. The van der Waals surface area contributed by atoms with E-state index >= 15 is 0 Å². The number of ether oxygens (including phenoxy) is 1. The van der Waals surface area contributed by atoms with E-state index in [9.17, 15) is 0 Å². The topological polar surface area (TPSA) is 12.5 Å². The molecule has 0 spiro atoms. The van der Waals surface area contributed by atoms with Gasteiger partial charge in [-0.05, 0) is 44.6 Å². The van der Waals surface area contributed by atoms with Crippen LogP contribution in [0, 0.1) is 11.3 Å². The smallest absolute Gasteiger partial charge is 0.0593 e. The van der Waals surface area contributed by atoms with Crippen LogP contribution in [0.1, 0.15) is 47.5 Å². The van der Waals surface area contributed by atoms with Crippen molar-refractivity contribution in [2.45, 2.75) is 53.5 Å². The van der Waals surface area contributed by atoms with Gasteiger partial charge in [0.1, 0.15) is 0 Å². The fourth-order valence-corrected chi connectivity index (χ4v) is 3.01. The van der Waals surface area contributed by atoms with E-state index in [1.165, 1.54) is 19.4 Å². The van der Waals surface area contributed by atoms with Crippen molar-refractivity contribution in [3.63, 3.8) is 0 Å². The molecule has 0 aromatic rings. The molecule has 1 aliphatic heterocycles. The first-order valence-corrected chi connectivity index (χ1v) is 6.78. The molecule has 0 unspecified atom stereocenters. The number of rotatable bonds is 4. The number of piperidine rings is 1. The average molecular weight is 227 g/mol. The summed E-state index contributed by atoms with van der Waals surface area (Å²) < 4.78 is 5.46. The Labute approximate surface area is 101 Å². The van der Waals surface area contributed by atoms with Crippen LogP contribution in [0.15, 0.2) is 0 Å². The molecule has 2 heteroatoms. The lowest BCUT2D eigenvalue weighted by molar-refractivity contribution is 0.0200. The molecule has 96 valence electrons. The van der Waals surface area contributed by atoms with Crippen LogP contribution in [0.2, 0.25) is 0 Å². The van der Waals surface area contributed by atoms with E-state index in [-0.39, 0.29) is 0 Å². The van der Waals surface area contributed by atoms with Crippen LogP contribution in [0.4, 0.5) is 0 Å². The molecule has 1 saturated heterocycles. The third-order valence-corrected chi connectivity index (χ3v) is 3.96. The number of hydrogen-bond donors (Lipinski definition) is 0. The highest BCUT2D eigenvalue weighted by Crippen LogP contribution is 2.37. The number of hydrogen-bond acceptors (Lipinski definition) is 2. The third-order valence-electron chi connectivity index (χ3n) is 3.96. The van der Waals surface area contributed by atoms with E-state index in [1.54, 1.807) is 0 Å². The summed E-state index contributed by atoms with van der Waals surface area (Å²) in [6.07, 6.45) is 2.73. The first kappa shape index (κ1) is 14.0. The van der Waals surface area contributed by atoms with Crippen molar-refractivity contribution < 1.29 is 4.74 Å². The summed E-state index contributed by atoms with van der Waals surface area (Å²) in [4.78, 5) is 2.61. The SMILES string of the molecule is CCOCCN1CCC[C@@H](C(C)(C)C)[C@@H]1C. The Hall–Kier alpha value is -0.0800. The van der Waals surface area contributed by atoms with Gasteiger partial charge in [0.05, 0.1) is 6.61 Å². The van der Waals surface area contributed by atoms with E-state index in [0.717, 1.165) is 25.7 Å². The second-order valence-corrected chi connectivity index (χ2v) is 6.09. The molecule has 0 amide bonds. The quantitative estimate of drug-likeness (QED) is 0.684. The third kappa shape index (κ3) is 3.74. The number of likely N-dealkylation sites (tertiary alicyclic amines) is 1. The highest BCUT2D eigenvalue weighted by molar-refractivity contribution is 4.87. The molecule has 0 bridgehead atoms. The number of nitrogens with zero attached hydrogens (tertiary/aromatic N) is 1. The maximum Gasteiger partial charge on any atom is 0.0593 e. The van der Waals surface area contributed by atoms with Gasteiger partial charge >= 0.3 is 0 Å². The lowest BCUT2D eigenvalue weighted by Gasteiger charge is -2.45. The van der Waals surface area contributed by atoms with Gasteiger partial charge in [-0.3, -0.25) is 4.90 Å². The Morgan fingerprint density at radius 2 is 2.00 bits per heavy atom. The Balaban J connectivity index is 2.47. The fourth-order valence-electron chi connectivity index (χ4n) is 3.01. The van der Waals surface area contributed by atoms with E-state index in [2.05, 4.69) is 39.5 Å². The van der Waals surface area contributed by atoms with Crippen LogP contribution in [0.3, 0.4) is 0 Å². The van der Waals surface area contributed by atoms with Crippen LogP contribution < -0.4 is 0 Å². The van der Waals surface area contributed by atoms with Crippen molar-refractivity contribution in [1.82, 2.24) is 4.90 Å². The van der Waals surface area contributed by atoms with Gasteiger partial charge in [0.15, 0.2) is 0 Å². The molecule has 1 heterocycles. The zero-order valence-corrected chi connectivity index (χ0v) is 11.8.